The molecular formula is C14H16N4O4. The van der Waals surface area contributed by atoms with E-state index in [2.05, 4.69) is 10.3 Å². The Morgan fingerprint density at radius 1 is 1.45 bits per heavy atom. The van der Waals surface area contributed by atoms with Gasteiger partial charge in [-0.15, -0.1) is 5.10 Å². The summed E-state index contributed by atoms with van der Waals surface area (Å²) in [7, 11) is 0. The molecule has 22 heavy (non-hydrogen) atoms. The number of esters is 1. The van der Waals surface area contributed by atoms with E-state index in [4.69, 9.17) is 15.7 Å². The van der Waals surface area contributed by atoms with Gasteiger partial charge in [0.1, 0.15) is 11.8 Å². The monoisotopic (exact) mass is 304 g/mol. The molecule has 0 spiro atoms. The lowest BCUT2D eigenvalue weighted by Crippen LogP contribution is -2.39. The molecule has 0 aromatic heterocycles. The first-order valence-electron chi connectivity index (χ1n) is 6.69. The number of ether oxygens (including phenoxy) is 1. The van der Waals surface area contributed by atoms with Crippen LogP contribution in [0.15, 0.2) is 40.6 Å². The number of carbonyl (C=O) groups is 2. The summed E-state index contributed by atoms with van der Waals surface area (Å²) in [6.07, 6.45) is 0.340. The fourth-order valence-corrected chi connectivity index (χ4v) is 2.07. The lowest BCUT2D eigenvalue weighted by atomic mass is 9.98. The maximum Gasteiger partial charge on any atom is 0.379 e. The second-order valence-corrected chi connectivity index (χ2v) is 4.56. The van der Waals surface area contributed by atoms with Gasteiger partial charge in [-0.25, -0.2) is 4.79 Å². The minimum Gasteiger partial charge on any atom is -0.460 e. The number of hydrogen-bond acceptors (Lipinski definition) is 7. The van der Waals surface area contributed by atoms with Crippen LogP contribution in [0.5, 0.6) is 0 Å². The molecule has 8 heteroatoms. The van der Waals surface area contributed by atoms with E-state index in [1.165, 1.54) is 0 Å². The number of carbonyl (C=O) groups excluding carboxylic acids is 2. The van der Waals surface area contributed by atoms with Gasteiger partial charge in [0.25, 0.3) is 11.7 Å². The van der Waals surface area contributed by atoms with Crippen LogP contribution < -0.4 is 5.73 Å². The second kappa shape index (κ2) is 6.70. The number of nitrogens with zero attached hydrogens (tertiary/aromatic N) is 3. The highest BCUT2D eigenvalue weighted by Gasteiger charge is 2.40. The van der Waals surface area contributed by atoms with Crippen molar-refractivity contribution in [1.29, 1.82) is 0 Å². The quantitative estimate of drug-likeness (QED) is 0.274. The molecule has 1 amide bonds. The molecule has 0 saturated carbocycles. The van der Waals surface area contributed by atoms with Gasteiger partial charge in [-0.05, 0) is 18.9 Å². The van der Waals surface area contributed by atoms with E-state index >= 15 is 0 Å². The van der Waals surface area contributed by atoms with Crippen LogP contribution in [-0.4, -0.2) is 40.4 Å². The van der Waals surface area contributed by atoms with Crippen LogP contribution in [0.1, 0.15) is 12.5 Å². The summed E-state index contributed by atoms with van der Waals surface area (Å²) < 4.78 is 4.71. The minimum atomic E-state index is -0.949. The average Bonchev–Trinajstić information content (AvgIpc) is 2.78. The highest BCUT2D eigenvalue weighted by Crippen LogP contribution is 2.19. The highest BCUT2D eigenvalue weighted by molar-refractivity contribution is 6.39. The molecule has 8 nitrogen and oxygen atoms in total. The van der Waals surface area contributed by atoms with Crippen molar-refractivity contribution < 1.29 is 19.5 Å². The van der Waals surface area contributed by atoms with Crippen molar-refractivity contribution >= 4 is 23.5 Å². The SMILES string of the molecule is CCOC(=O)C(=NO)N1N=C(N)C(Cc2ccccc2)C1=O. The Hall–Kier alpha value is -2.90. The van der Waals surface area contributed by atoms with Crippen LogP contribution >= 0.6 is 0 Å². The molecule has 116 valence electrons. The van der Waals surface area contributed by atoms with Gasteiger partial charge in [0.2, 0.25) is 0 Å². The van der Waals surface area contributed by atoms with Crippen molar-refractivity contribution in [3.8, 4) is 0 Å². The molecule has 0 saturated heterocycles. The van der Waals surface area contributed by atoms with Crippen molar-refractivity contribution in [1.82, 2.24) is 5.01 Å². The van der Waals surface area contributed by atoms with Crippen molar-refractivity contribution in [2.24, 2.45) is 21.9 Å². The maximum atomic E-state index is 12.4. The number of benzene rings is 1. The van der Waals surface area contributed by atoms with Gasteiger partial charge < -0.3 is 15.7 Å². The minimum absolute atomic E-state index is 0.0549. The summed E-state index contributed by atoms with van der Waals surface area (Å²) in [6, 6.07) is 9.27. The number of amides is 1. The van der Waals surface area contributed by atoms with Gasteiger partial charge >= 0.3 is 5.97 Å². The Kier molecular flexibility index (Phi) is 4.72. The first-order chi connectivity index (χ1) is 10.6. The number of amidine groups is 2. The van der Waals surface area contributed by atoms with Gasteiger partial charge in [-0.2, -0.15) is 5.01 Å². The topological polar surface area (TPSA) is 118 Å². The first kappa shape index (κ1) is 15.5. The molecule has 0 bridgehead atoms. The van der Waals surface area contributed by atoms with Crippen LogP contribution in [-0.2, 0) is 20.7 Å². The van der Waals surface area contributed by atoms with Gasteiger partial charge in [-0.1, -0.05) is 35.5 Å². The molecule has 1 aliphatic rings. The maximum absolute atomic E-state index is 12.4. The summed E-state index contributed by atoms with van der Waals surface area (Å²) in [5.41, 5.74) is 6.68. The number of hydrazone groups is 1. The zero-order valence-corrected chi connectivity index (χ0v) is 12.0. The molecule has 0 radical (unpaired) electrons. The zero-order chi connectivity index (χ0) is 16.1. The summed E-state index contributed by atoms with van der Waals surface area (Å²) in [4.78, 5) is 24.0. The number of hydrogen-bond donors (Lipinski definition) is 2. The fraction of sp³-hybridized carbons (Fsp3) is 0.286. The molecule has 1 unspecified atom stereocenters. The van der Waals surface area contributed by atoms with E-state index in [0.29, 0.717) is 11.4 Å². The first-order valence-corrected chi connectivity index (χ1v) is 6.69. The average molecular weight is 304 g/mol. The zero-order valence-electron chi connectivity index (χ0n) is 12.0. The Balaban J connectivity index is 2.18. The van der Waals surface area contributed by atoms with E-state index in [1.807, 2.05) is 30.3 Å². The molecule has 3 N–H and O–H groups in total. The second-order valence-electron chi connectivity index (χ2n) is 4.56. The van der Waals surface area contributed by atoms with Crippen LogP contribution in [0.2, 0.25) is 0 Å². The Morgan fingerprint density at radius 3 is 2.73 bits per heavy atom. The normalized spacial score (nSPS) is 18.3. The predicted molar refractivity (Wildman–Crippen MR) is 78.0 cm³/mol. The lowest BCUT2D eigenvalue weighted by Gasteiger charge is -2.13. The largest absolute Gasteiger partial charge is 0.460 e. The molecule has 1 aromatic carbocycles. The summed E-state index contributed by atoms with van der Waals surface area (Å²) in [5, 5.41) is 16.2. The standard InChI is InChI=1S/C14H16N4O4/c1-2-22-14(20)12(17-21)18-13(19)10(11(15)16-18)8-9-6-4-3-5-7-9/h3-7,10,21H,2,8H2,1H3,(H2,15,16). The molecule has 1 atom stereocenters. The molecule has 1 heterocycles. The van der Waals surface area contributed by atoms with E-state index in [-0.39, 0.29) is 12.4 Å². The van der Waals surface area contributed by atoms with E-state index in [9.17, 15) is 9.59 Å². The van der Waals surface area contributed by atoms with E-state index in [1.54, 1.807) is 6.92 Å². The van der Waals surface area contributed by atoms with Crippen LogP contribution in [0.25, 0.3) is 0 Å². The number of oxime groups is 1. The number of nitrogens with two attached hydrogens (primary N) is 1. The highest BCUT2D eigenvalue weighted by atomic mass is 16.5. The smallest absolute Gasteiger partial charge is 0.379 e. The van der Waals surface area contributed by atoms with Gasteiger partial charge in [0.05, 0.1) is 6.61 Å². The Bertz CT molecular complexity index is 627. The van der Waals surface area contributed by atoms with E-state index < -0.39 is 23.6 Å². The number of rotatable bonds is 3. The van der Waals surface area contributed by atoms with Crippen molar-refractivity contribution in [3.05, 3.63) is 35.9 Å². The third kappa shape index (κ3) is 3.05. The molecule has 0 fully saturated rings. The third-order valence-electron chi connectivity index (χ3n) is 3.12. The van der Waals surface area contributed by atoms with Crippen LogP contribution in [0, 0.1) is 5.92 Å². The van der Waals surface area contributed by atoms with Crippen LogP contribution in [0.4, 0.5) is 0 Å². The lowest BCUT2D eigenvalue weighted by molar-refractivity contribution is -0.138. The van der Waals surface area contributed by atoms with Crippen molar-refractivity contribution in [2.75, 3.05) is 6.61 Å². The summed E-state index contributed by atoms with van der Waals surface area (Å²) in [6.45, 7) is 1.67. The molecule has 1 aliphatic heterocycles. The Morgan fingerprint density at radius 2 is 2.14 bits per heavy atom. The molecular weight excluding hydrogens is 288 g/mol. The third-order valence-corrected chi connectivity index (χ3v) is 3.12. The predicted octanol–water partition coefficient (Wildman–Crippen LogP) is 0.310. The molecule has 2 rings (SSSR count). The van der Waals surface area contributed by atoms with Crippen LogP contribution in [0.3, 0.4) is 0 Å². The molecule has 1 aromatic rings. The van der Waals surface area contributed by atoms with Crippen molar-refractivity contribution in [2.45, 2.75) is 13.3 Å². The van der Waals surface area contributed by atoms with Crippen molar-refractivity contribution in [3.63, 3.8) is 0 Å². The van der Waals surface area contributed by atoms with Gasteiger partial charge in [0, 0.05) is 0 Å². The van der Waals surface area contributed by atoms with Gasteiger partial charge in [0.15, 0.2) is 0 Å². The van der Waals surface area contributed by atoms with Gasteiger partial charge in [-0.3, -0.25) is 4.79 Å². The fourth-order valence-electron chi connectivity index (χ4n) is 2.07. The molecule has 0 aliphatic carbocycles. The summed E-state index contributed by atoms with van der Waals surface area (Å²) in [5.74, 6) is -2.75. The summed E-state index contributed by atoms with van der Waals surface area (Å²) >= 11 is 0. The Labute approximate surface area is 126 Å². The van der Waals surface area contributed by atoms with E-state index in [0.717, 1.165) is 5.56 Å².